The highest BCUT2D eigenvalue weighted by molar-refractivity contribution is 7.13. The minimum Gasteiger partial charge on any atom is -0.504 e. The van der Waals surface area contributed by atoms with Crippen LogP contribution in [-0.4, -0.2) is 40.3 Å². The number of alkyl halides is 4. The first-order chi connectivity index (χ1) is 11.7. The third-order valence-electron chi connectivity index (χ3n) is 2.90. The molecule has 0 saturated heterocycles. The number of carboxylic acids is 1. The van der Waals surface area contributed by atoms with E-state index in [9.17, 15) is 22.4 Å². The largest absolute Gasteiger partial charge is 0.504 e. The molecule has 136 valence electrons. The molecular formula is C14H12F4N2O4S. The predicted octanol–water partition coefficient (Wildman–Crippen LogP) is 3.46. The van der Waals surface area contributed by atoms with E-state index >= 15 is 0 Å². The number of carbonyl (C=O) groups is 1. The maximum Gasteiger partial charge on any atom is 0.462 e. The van der Waals surface area contributed by atoms with E-state index in [-0.39, 0.29) is 17.1 Å². The molecule has 0 aliphatic rings. The molecule has 0 aliphatic carbocycles. The number of halogens is 4. The maximum absolute atomic E-state index is 12.9. The number of aliphatic carboxylic acids is 1. The Bertz CT molecular complexity index is 772. The number of nitrogens with zero attached hydrogens (tertiary/aromatic N) is 2. The van der Waals surface area contributed by atoms with Crippen LogP contribution in [-0.2, 0) is 16.1 Å². The predicted molar refractivity (Wildman–Crippen MR) is 79.8 cm³/mol. The van der Waals surface area contributed by atoms with E-state index in [1.54, 1.807) is 18.3 Å². The van der Waals surface area contributed by atoms with E-state index in [0.717, 1.165) is 23.0 Å². The van der Waals surface area contributed by atoms with Crippen LogP contribution >= 0.6 is 11.3 Å². The van der Waals surface area contributed by atoms with Crippen molar-refractivity contribution in [1.29, 1.82) is 0 Å². The van der Waals surface area contributed by atoms with Crippen LogP contribution < -0.4 is 4.74 Å². The summed E-state index contributed by atoms with van der Waals surface area (Å²) in [6, 6.07) is 3.16. The minimum absolute atomic E-state index is 0.0581. The number of rotatable bonds is 8. The van der Waals surface area contributed by atoms with Gasteiger partial charge in [0.1, 0.15) is 5.01 Å². The van der Waals surface area contributed by atoms with E-state index in [4.69, 9.17) is 9.84 Å². The Morgan fingerprint density at radius 2 is 2.24 bits per heavy atom. The Kier molecular flexibility index (Phi) is 5.67. The van der Waals surface area contributed by atoms with Gasteiger partial charge in [-0.3, -0.25) is 0 Å². The van der Waals surface area contributed by atoms with E-state index in [1.807, 2.05) is 0 Å². The third kappa shape index (κ3) is 4.50. The van der Waals surface area contributed by atoms with Crippen molar-refractivity contribution in [3.05, 3.63) is 35.5 Å². The van der Waals surface area contributed by atoms with Gasteiger partial charge in [0, 0.05) is 6.20 Å². The molecule has 2 heterocycles. The summed E-state index contributed by atoms with van der Waals surface area (Å²) in [7, 11) is 1.30. The SMILES string of the molecule is CO/C=C(/Cn1cccc1-c1nc(OC(F)(F)C(F)F)cs1)C(=O)O. The monoisotopic (exact) mass is 380 g/mol. The van der Waals surface area contributed by atoms with Crippen LogP contribution in [0.3, 0.4) is 0 Å². The highest BCUT2D eigenvalue weighted by Crippen LogP contribution is 2.32. The van der Waals surface area contributed by atoms with Gasteiger partial charge in [-0.1, -0.05) is 0 Å². The van der Waals surface area contributed by atoms with Crippen molar-refractivity contribution >= 4 is 17.3 Å². The van der Waals surface area contributed by atoms with Gasteiger partial charge in [0.15, 0.2) is 0 Å². The van der Waals surface area contributed by atoms with Crippen molar-refractivity contribution in [3.63, 3.8) is 0 Å². The van der Waals surface area contributed by atoms with Crippen molar-refractivity contribution in [3.8, 4) is 16.6 Å². The average Bonchev–Trinajstić information content (AvgIpc) is 3.15. The zero-order chi connectivity index (χ0) is 18.6. The molecule has 0 amide bonds. The average molecular weight is 380 g/mol. The van der Waals surface area contributed by atoms with Crippen molar-refractivity contribution < 1.29 is 36.9 Å². The number of aromatic nitrogens is 2. The van der Waals surface area contributed by atoms with E-state index in [0.29, 0.717) is 5.69 Å². The molecule has 2 rings (SSSR count). The third-order valence-corrected chi connectivity index (χ3v) is 3.75. The zero-order valence-corrected chi connectivity index (χ0v) is 13.5. The summed E-state index contributed by atoms with van der Waals surface area (Å²) in [6.45, 7) is -0.0749. The quantitative estimate of drug-likeness (QED) is 0.431. The molecule has 0 fully saturated rings. The summed E-state index contributed by atoms with van der Waals surface area (Å²) in [5.74, 6) is -1.84. The first-order valence-electron chi connectivity index (χ1n) is 6.65. The summed E-state index contributed by atoms with van der Waals surface area (Å²) in [6.07, 6.45) is -6.02. The number of carboxylic acid groups (broad SMARTS) is 1. The molecule has 0 unspecified atom stereocenters. The van der Waals surface area contributed by atoms with E-state index in [2.05, 4.69) is 9.72 Å². The van der Waals surface area contributed by atoms with Gasteiger partial charge in [-0.15, -0.1) is 11.3 Å². The van der Waals surface area contributed by atoms with Crippen LogP contribution in [0.2, 0.25) is 0 Å². The summed E-state index contributed by atoms with van der Waals surface area (Å²) in [5, 5.41) is 10.4. The second-order valence-electron chi connectivity index (χ2n) is 4.66. The molecule has 0 atom stereocenters. The molecule has 11 heteroatoms. The normalized spacial score (nSPS) is 12.5. The van der Waals surface area contributed by atoms with E-state index in [1.165, 1.54) is 11.7 Å². The molecule has 0 bridgehead atoms. The van der Waals surface area contributed by atoms with Crippen molar-refractivity contribution in [2.24, 2.45) is 0 Å². The van der Waals surface area contributed by atoms with Gasteiger partial charge in [0.05, 0.1) is 36.6 Å². The maximum atomic E-state index is 12.9. The molecule has 2 aromatic rings. The van der Waals surface area contributed by atoms with Crippen LogP contribution in [0.4, 0.5) is 17.6 Å². The summed E-state index contributed by atoms with van der Waals surface area (Å²) in [5.41, 5.74) is 0.348. The van der Waals surface area contributed by atoms with Crippen LogP contribution in [0.5, 0.6) is 5.88 Å². The summed E-state index contributed by atoms with van der Waals surface area (Å²) < 4.78 is 60.2. The molecule has 2 aromatic heterocycles. The van der Waals surface area contributed by atoms with Gasteiger partial charge in [-0.05, 0) is 12.1 Å². The second kappa shape index (κ2) is 7.55. The van der Waals surface area contributed by atoms with Crippen LogP contribution in [0.25, 0.3) is 10.7 Å². The smallest absolute Gasteiger partial charge is 0.462 e. The van der Waals surface area contributed by atoms with Crippen molar-refractivity contribution in [2.45, 2.75) is 19.1 Å². The molecule has 0 aromatic carbocycles. The highest BCUT2D eigenvalue weighted by Gasteiger charge is 2.44. The van der Waals surface area contributed by atoms with Crippen LogP contribution in [0.1, 0.15) is 0 Å². The lowest BCUT2D eigenvalue weighted by Crippen LogP contribution is -2.33. The lowest BCUT2D eigenvalue weighted by atomic mass is 10.3. The fourth-order valence-electron chi connectivity index (χ4n) is 1.83. The Hall–Kier alpha value is -2.56. The van der Waals surface area contributed by atoms with Crippen LogP contribution in [0, 0.1) is 0 Å². The van der Waals surface area contributed by atoms with Gasteiger partial charge in [0.2, 0.25) is 5.88 Å². The number of hydrogen-bond acceptors (Lipinski definition) is 5. The molecular weight excluding hydrogens is 368 g/mol. The molecule has 1 N–H and O–H groups in total. The number of methoxy groups -OCH3 is 1. The fraction of sp³-hybridized carbons (Fsp3) is 0.286. The topological polar surface area (TPSA) is 73.6 Å². The molecule has 0 saturated carbocycles. The minimum atomic E-state index is -4.65. The fourth-order valence-corrected chi connectivity index (χ4v) is 2.60. The molecule has 6 nitrogen and oxygen atoms in total. The highest BCUT2D eigenvalue weighted by atomic mass is 32.1. The Morgan fingerprint density at radius 1 is 1.52 bits per heavy atom. The summed E-state index contributed by atoms with van der Waals surface area (Å²) in [4.78, 5) is 14.9. The number of ether oxygens (including phenoxy) is 2. The standard InChI is InChI=1S/C14H12F4N2O4S/c1-23-6-8(12(21)22)5-20-4-2-3-9(20)11-19-10(7-25-11)24-14(17,18)13(15)16/h2-4,6-7,13H,5H2,1H3,(H,21,22)/b8-6-. The Morgan fingerprint density at radius 3 is 2.84 bits per heavy atom. The van der Waals surface area contributed by atoms with Gasteiger partial charge in [-0.2, -0.15) is 22.5 Å². The summed E-state index contributed by atoms with van der Waals surface area (Å²) >= 11 is 0.889. The van der Waals surface area contributed by atoms with Gasteiger partial charge in [0.25, 0.3) is 0 Å². The first-order valence-corrected chi connectivity index (χ1v) is 7.53. The zero-order valence-electron chi connectivity index (χ0n) is 12.7. The molecule has 25 heavy (non-hydrogen) atoms. The number of hydrogen-bond donors (Lipinski definition) is 1. The van der Waals surface area contributed by atoms with Gasteiger partial charge < -0.3 is 19.1 Å². The van der Waals surface area contributed by atoms with Crippen LogP contribution in [0.15, 0.2) is 35.5 Å². The molecule has 0 radical (unpaired) electrons. The first kappa shape index (κ1) is 18.8. The second-order valence-corrected chi connectivity index (χ2v) is 5.52. The van der Waals surface area contributed by atoms with Crippen molar-refractivity contribution in [2.75, 3.05) is 7.11 Å². The lowest BCUT2D eigenvalue weighted by molar-refractivity contribution is -0.254. The Labute approximate surface area is 142 Å². The van der Waals surface area contributed by atoms with Crippen molar-refractivity contribution in [1.82, 2.24) is 9.55 Å². The van der Waals surface area contributed by atoms with E-state index < -0.39 is 24.4 Å². The lowest BCUT2D eigenvalue weighted by Gasteiger charge is -2.14. The Balaban J connectivity index is 2.23. The molecule has 0 spiro atoms. The number of thiazole rings is 1. The van der Waals surface area contributed by atoms with Gasteiger partial charge >= 0.3 is 18.5 Å². The molecule has 0 aliphatic heterocycles. The van der Waals surface area contributed by atoms with Gasteiger partial charge in [-0.25, -0.2) is 4.79 Å².